The number of carbonyl (C=O) groups is 1. The second kappa shape index (κ2) is 5.27. The maximum atomic E-state index is 12.7. The van der Waals surface area contributed by atoms with E-state index in [9.17, 15) is 13.6 Å². The van der Waals surface area contributed by atoms with Gasteiger partial charge in [0.2, 0.25) is 5.91 Å². The van der Waals surface area contributed by atoms with Crippen LogP contribution in [0.5, 0.6) is 0 Å². The molecule has 3 N–H and O–H groups in total. The number of rotatable bonds is 5. The average molecular weight is 257 g/mol. The number of nitrogens with one attached hydrogen (secondary N) is 1. The van der Waals surface area contributed by atoms with Gasteiger partial charge in [0.15, 0.2) is 0 Å². The molecule has 1 fully saturated rings. The van der Waals surface area contributed by atoms with Crippen molar-refractivity contribution in [3.05, 3.63) is 0 Å². The highest BCUT2D eigenvalue weighted by Gasteiger charge is 2.53. The summed E-state index contributed by atoms with van der Waals surface area (Å²) in [5.41, 5.74) is 4.88. The summed E-state index contributed by atoms with van der Waals surface area (Å²) in [7, 11) is 0. The zero-order valence-corrected chi connectivity index (χ0v) is 10.4. The third-order valence-electron chi connectivity index (χ3n) is 3.30. The zero-order chi connectivity index (χ0) is 11.7. The van der Waals surface area contributed by atoms with Gasteiger partial charge >= 0.3 is 0 Å². The van der Waals surface area contributed by atoms with Crippen molar-refractivity contribution >= 4 is 18.3 Å². The minimum Gasteiger partial charge on any atom is -0.350 e. The van der Waals surface area contributed by atoms with Gasteiger partial charge in [-0.3, -0.25) is 4.79 Å². The van der Waals surface area contributed by atoms with Crippen molar-refractivity contribution in [3.8, 4) is 0 Å². The molecule has 1 rings (SSSR count). The van der Waals surface area contributed by atoms with E-state index in [4.69, 9.17) is 5.73 Å². The van der Waals surface area contributed by atoms with E-state index in [0.29, 0.717) is 0 Å². The number of alkyl halides is 2. The van der Waals surface area contributed by atoms with E-state index < -0.39 is 19.0 Å². The summed E-state index contributed by atoms with van der Waals surface area (Å²) in [5, 5.41) is 2.26. The standard InChI is InChI=1S/C10H18F2N2O.ClH/c1-3-9(2)4-7(9)8(15)14-6-10(11,12)5-13;/h7H,3-6,13H2,1-2H3,(H,14,15);1H. The zero-order valence-electron chi connectivity index (χ0n) is 9.56. The summed E-state index contributed by atoms with van der Waals surface area (Å²) in [5.74, 6) is -3.36. The second-order valence-corrected chi connectivity index (χ2v) is 4.54. The topological polar surface area (TPSA) is 55.1 Å². The van der Waals surface area contributed by atoms with E-state index in [1.807, 2.05) is 13.8 Å². The van der Waals surface area contributed by atoms with Crippen LogP contribution >= 0.6 is 12.4 Å². The number of nitrogens with two attached hydrogens (primary N) is 1. The molecule has 16 heavy (non-hydrogen) atoms. The minimum absolute atomic E-state index is 0. The molecule has 0 radical (unpaired) electrons. The molecule has 96 valence electrons. The van der Waals surface area contributed by atoms with Crippen LogP contribution in [-0.4, -0.2) is 24.9 Å². The minimum atomic E-state index is -2.99. The van der Waals surface area contributed by atoms with Crippen LogP contribution in [0.2, 0.25) is 0 Å². The van der Waals surface area contributed by atoms with E-state index in [0.717, 1.165) is 12.8 Å². The molecule has 1 amide bonds. The third kappa shape index (κ3) is 3.56. The lowest BCUT2D eigenvalue weighted by Crippen LogP contribution is -2.42. The lowest BCUT2D eigenvalue weighted by molar-refractivity contribution is -0.124. The average Bonchev–Trinajstić information content (AvgIpc) is 2.89. The fourth-order valence-electron chi connectivity index (χ4n) is 1.62. The number of hydrogen-bond acceptors (Lipinski definition) is 2. The molecule has 2 unspecified atom stereocenters. The molecule has 1 aliphatic carbocycles. The SMILES string of the molecule is CCC1(C)CC1C(=O)NCC(F)(F)CN.Cl. The van der Waals surface area contributed by atoms with E-state index in [-0.39, 0.29) is 29.6 Å². The number of hydrogen-bond donors (Lipinski definition) is 2. The van der Waals surface area contributed by atoms with Crippen LogP contribution in [0.4, 0.5) is 8.78 Å². The molecule has 0 aliphatic heterocycles. The van der Waals surface area contributed by atoms with Gasteiger partial charge < -0.3 is 11.1 Å². The van der Waals surface area contributed by atoms with Gasteiger partial charge in [-0.15, -0.1) is 12.4 Å². The van der Waals surface area contributed by atoms with E-state index in [2.05, 4.69) is 5.32 Å². The largest absolute Gasteiger partial charge is 0.350 e. The van der Waals surface area contributed by atoms with Crippen LogP contribution < -0.4 is 11.1 Å². The molecule has 1 saturated carbocycles. The van der Waals surface area contributed by atoms with Crippen molar-refractivity contribution in [2.45, 2.75) is 32.6 Å². The highest BCUT2D eigenvalue weighted by Crippen LogP contribution is 2.54. The van der Waals surface area contributed by atoms with Crippen molar-refractivity contribution in [2.75, 3.05) is 13.1 Å². The third-order valence-corrected chi connectivity index (χ3v) is 3.30. The number of halogens is 3. The van der Waals surface area contributed by atoms with Crippen molar-refractivity contribution in [1.82, 2.24) is 5.32 Å². The fourth-order valence-corrected chi connectivity index (χ4v) is 1.62. The summed E-state index contributed by atoms with van der Waals surface area (Å²) in [4.78, 5) is 11.5. The quantitative estimate of drug-likeness (QED) is 0.784. The normalized spacial score (nSPS) is 28.2. The van der Waals surface area contributed by atoms with Crippen LogP contribution in [0.15, 0.2) is 0 Å². The first kappa shape index (κ1) is 15.6. The van der Waals surface area contributed by atoms with Crippen molar-refractivity contribution in [3.63, 3.8) is 0 Å². The Morgan fingerprint density at radius 3 is 2.56 bits per heavy atom. The molecule has 3 nitrogen and oxygen atoms in total. The Hall–Kier alpha value is -0.420. The molecule has 6 heteroatoms. The van der Waals surface area contributed by atoms with Crippen molar-refractivity contribution in [2.24, 2.45) is 17.1 Å². The van der Waals surface area contributed by atoms with Gasteiger partial charge in [-0.05, 0) is 18.3 Å². The van der Waals surface area contributed by atoms with Crippen LogP contribution in [0.1, 0.15) is 26.7 Å². The smallest absolute Gasteiger partial charge is 0.277 e. The van der Waals surface area contributed by atoms with Crippen molar-refractivity contribution < 1.29 is 13.6 Å². The molecule has 1 aliphatic rings. The van der Waals surface area contributed by atoms with E-state index in [1.54, 1.807) is 0 Å². The molecule has 0 heterocycles. The first-order chi connectivity index (χ1) is 6.84. The molecular weight excluding hydrogens is 238 g/mol. The first-order valence-corrected chi connectivity index (χ1v) is 5.20. The summed E-state index contributed by atoms with van der Waals surface area (Å²) in [6, 6.07) is 0. The van der Waals surface area contributed by atoms with Gasteiger partial charge in [-0.1, -0.05) is 13.8 Å². The molecule has 0 saturated heterocycles. The summed E-state index contributed by atoms with van der Waals surface area (Å²) in [6.07, 6.45) is 1.70. The number of carbonyl (C=O) groups excluding carboxylic acids is 1. The molecular formula is C10H19ClF2N2O. The Morgan fingerprint density at radius 2 is 2.19 bits per heavy atom. The van der Waals surface area contributed by atoms with Gasteiger partial charge in [0, 0.05) is 5.92 Å². The van der Waals surface area contributed by atoms with Crippen LogP contribution in [0.25, 0.3) is 0 Å². The lowest BCUT2D eigenvalue weighted by Gasteiger charge is -2.15. The van der Waals surface area contributed by atoms with E-state index >= 15 is 0 Å². The molecule has 0 aromatic rings. The Morgan fingerprint density at radius 1 is 1.62 bits per heavy atom. The maximum Gasteiger partial charge on any atom is 0.277 e. The molecule has 0 aromatic carbocycles. The van der Waals surface area contributed by atoms with Gasteiger partial charge in [0.25, 0.3) is 5.92 Å². The van der Waals surface area contributed by atoms with Gasteiger partial charge in [0.05, 0.1) is 13.1 Å². The van der Waals surface area contributed by atoms with Crippen LogP contribution in [-0.2, 0) is 4.79 Å². The summed E-state index contributed by atoms with van der Waals surface area (Å²) < 4.78 is 25.5. The predicted molar refractivity (Wildman–Crippen MR) is 60.8 cm³/mol. The molecule has 0 aromatic heterocycles. The number of amides is 1. The predicted octanol–water partition coefficient (Wildman–Crippen LogP) is 1.55. The van der Waals surface area contributed by atoms with Crippen molar-refractivity contribution in [1.29, 1.82) is 0 Å². The summed E-state index contributed by atoms with van der Waals surface area (Å²) in [6.45, 7) is 2.61. The molecule has 2 atom stereocenters. The van der Waals surface area contributed by atoms with Gasteiger partial charge in [-0.2, -0.15) is 0 Å². The Kier molecular flexibility index (Phi) is 5.14. The molecule has 0 spiro atoms. The Balaban J connectivity index is 0.00000225. The highest BCUT2D eigenvalue weighted by molar-refractivity contribution is 5.85. The van der Waals surface area contributed by atoms with Crippen LogP contribution in [0.3, 0.4) is 0 Å². The van der Waals surface area contributed by atoms with Gasteiger partial charge in [0.1, 0.15) is 0 Å². The summed E-state index contributed by atoms with van der Waals surface area (Å²) >= 11 is 0. The Bertz CT molecular complexity index is 263. The van der Waals surface area contributed by atoms with Crippen LogP contribution in [0, 0.1) is 11.3 Å². The monoisotopic (exact) mass is 256 g/mol. The maximum absolute atomic E-state index is 12.7. The highest BCUT2D eigenvalue weighted by atomic mass is 35.5. The second-order valence-electron chi connectivity index (χ2n) is 4.54. The molecule has 0 bridgehead atoms. The lowest BCUT2D eigenvalue weighted by atomic mass is 10.0. The van der Waals surface area contributed by atoms with Gasteiger partial charge in [-0.25, -0.2) is 8.78 Å². The fraction of sp³-hybridized carbons (Fsp3) is 0.900. The first-order valence-electron chi connectivity index (χ1n) is 5.20. The Labute approximate surface area is 101 Å². The van der Waals surface area contributed by atoms with E-state index in [1.165, 1.54) is 0 Å².